The highest BCUT2D eigenvalue weighted by Crippen LogP contribution is 2.30. The Morgan fingerprint density at radius 2 is 2.27 bits per heavy atom. The van der Waals surface area contributed by atoms with Crippen molar-refractivity contribution in [3.8, 4) is 0 Å². The molecule has 0 saturated carbocycles. The third kappa shape index (κ3) is 2.63. The Kier molecular flexibility index (Phi) is 3.98. The largest absolute Gasteiger partial charge is 0.476 e. The molecule has 0 amide bonds. The topological polar surface area (TPSA) is 50.2 Å². The van der Waals surface area contributed by atoms with E-state index in [0.29, 0.717) is 0 Å². The minimum Gasteiger partial charge on any atom is -0.476 e. The van der Waals surface area contributed by atoms with Gasteiger partial charge in [-0.3, -0.25) is 0 Å². The molecule has 0 saturated heterocycles. The maximum absolute atomic E-state index is 12.5. The first-order chi connectivity index (χ1) is 6.97. The van der Waals surface area contributed by atoms with E-state index in [4.69, 9.17) is 16.7 Å². The summed E-state index contributed by atoms with van der Waals surface area (Å²) in [7, 11) is 0. The maximum atomic E-state index is 12.5. The SMILES string of the molecule is O=C(O)c1nc(CCl)cc(Br)c1C(F)F. The van der Waals surface area contributed by atoms with Crippen molar-refractivity contribution in [1.29, 1.82) is 0 Å². The fourth-order valence-electron chi connectivity index (χ4n) is 1.01. The molecule has 0 fully saturated rings. The molecule has 15 heavy (non-hydrogen) atoms. The number of carboxylic acids is 1. The first kappa shape index (κ1) is 12.3. The van der Waals surface area contributed by atoms with Crippen LogP contribution in [-0.2, 0) is 5.88 Å². The lowest BCUT2D eigenvalue weighted by Gasteiger charge is -2.08. The molecule has 0 bridgehead atoms. The van der Waals surface area contributed by atoms with Crippen LogP contribution in [0.1, 0.15) is 28.2 Å². The normalized spacial score (nSPS) is 10.7. The van der Waals surface area contributed by atoms with Gasteiger partial charge >= 0.3 is 5.97 Å². The molecule has 0 aliphatic carbocycles. The van der Waals surface area contributed by atoms with Crippen LogP contribution in [0.2, 0.25) is 0 Å². The molecule has 1 aromatic rings. The van der Waals surface area contributed by atoms with Gasteiger partial charge in [0, 0.05) is 4.47 Å². The fraction of sp³-hybridized carbons (Fsp3) is 0.250. The zero-order chi connectivity index (χ0) is 11.6. The Bertz CT molecular complexity index is 400. The predicted molar refractivity (Wildman–Crippen MR) is 53.4 cm³/mol. The van der Waals surface area contributed by atoms with E-state index in [-0.39, 0.29) is 16.0 Å². The van der Waals surface area contributed by atoms with Crippen molar-refractivity contribution in [1.82, 2.24) is 4.98 Å². The summed E-state index contributed by atoms with van der Waals surface area (Å²) in [4.78, 5) is 14.2. The molecule has 0 atom stereocenters. The Morgan fingerprint density at radius 3 is 2.67 bits per heavy atom. The van der Waals surface area contributed by atoms with Crippen molar-refractivity contribution in [2.45, 2.75) is 12.3 Å². The Morgan fingerprint density at radius 1 is 1.67 bits per heavy atom. The zero-order valence-corrected chi connectivity index (χ0v) is 9.52. The molecular formula is C8H5BrClF2NO2. The second kappa shape index (κ2) is 4.85. The molecule has 1 rings (SSSR count). The van der Waals surface area contributed by atoms with Crippen molar-refractivity contribution < 1.29 is 18.7 Å². The Hall–Kier alpha value is -0.750. The van der Waals surface area contributed by atoms with Crippen molar-refractivity contribution in [3.63, 3.8) is 0 Å². The van der Waals surface area contributed by atoms with Gasteiger partial charge in [-0.2, -0.15) is 0 Å². The van der Waals surface area contributed by atoms with Crippen molar-refractivity contribution in [3.05, 3.63) is 27.5 Å². The minimum atomic E-state index is -2.90. The Labute approximate surface area is 97.2 Å². The molecule has 82 valence electrons. The lowest BCUT2D eigenvalue weighted by Crippen LogP contribution is -2.09. The quantitative estimate of drug-likeness (QED) is 0.872. The summed E-state index contributed by atoms with van der Waals surface area (Å²) in [5.41, 5.74) is -1.07. The van der Waals surface area contributed by atoms with Crippen LogP contribution in [0.3, 0.4) is 0 Å². The third-order valence-electron chi connectivity index (χ3n) is 1.62. The number of hydrogen-bond acceptors (Lipinski definition) is 2. The summed E-state index contributed by atoms with van der Waals surface area (Å²) < 4.78 is 25.0. The summed E-state index contributed by atoms with van der Waals surface area (Å²) in [6.07, 6.45) is -2.90. The van der Waals surface area contributed by atoms with Gasteiger partial charge < -0.3 is 5.11 Å². The first-order valence-corrected chi connectivity index (χ1v) is 5.06. The number of halogens is 4. The molecule has 1 heterocycles. The number of alkyl halides is 3. The van der Waals surface area contributed by atoms with E-state index in [1.165, 1.54) is 6.07 Å². The number of aromatic carboxylic acids is 1. The predicted octanol–water partition coefficient (Wildman–Crippen LogP) is 3.22. The van der Waals surface area contributed by atoms with Crippen LogP contribution in [0.5, 0.6) is 0 Å². The van der Waals surface area contributed by atoms with Crippen molar-refractivity contribution in [2.75, 3.05) is 0 Å². The van der Waals surface area contributed by atoms with E-state index >= 15 is 0 Å². The molecule has 0 aromatic carbocycles. The van der Waals surface area contributed by atoms with Crippen LogP contribution in [0.4, 0.5) is 8.78 Å². The van der Waals surface area contributed by atoms with Gasteiger partial charge in [-0.05, 0) is 6.07 Å². The summed E-state index contributed by atoms with van der Waals surface area (Å²) in [5.74, 6) is -1.54. The summed E-state index contributed by atoms with van der Waals surface area (Å²) >= 11 is 8.31. The van der Waals surface area contributed by atoms with Crippen LogP contribution in [-0.4, -0.2) is 16.1 Å². The van der Waals surface area contributed by atoms with Gasteiger partial charge in [0.05, 0.1) is 17.1 Å². The standard InChI is InChI=1S/C8H5BrClF2NO2/c9-4-1-3(2-10)13-6(8(14)15)5(4)7(11)12/h1,7H,2H2,(H,14,15). The zero-order valence-electron chi connectivity index (χ0n) is 7.18. The highest BCUT2D eigenvalue weighted by molar-refractivity contribution is 9.10. The molecule has 0 aliphatic rings. The smallest absolute Gasteiger partial charge is 0.355 e. The van der Waals surface area contributed by atoms with Crippen LogP contribution in [0.15, 0.2) is 10.5 Å². The van der Waals surface area contributed by atoms with Gasteiger partial charge in [0.2, 0.25) is 0 Å². The summed E-state index contributed by atoms with van der Waals surface area (Å²) in [5, 5.41) is 8.70. The highest BCUT2D eigenvalue weighted by Gasteiger charge is 2.23. The molecule has 0 radical (unpaired) electrons. The van der Waals surface area contributed by atoms with Crippen molar-refractivity contribution >= 4 is 33.5 Å². The van der Waals surface area contributed by atoms with E-state index in [2.05, 4.69) is 20.9 Å². The monoisotopic (exact) mass is 299 g/mol. The number of nitrogens with zero attached hydrogens (tertiary/aromatic N) is 1. The third-order valence-corrected chi connectivity index (χ3v) is 2.55. The Balaban J connectivity index is 3.42. The lowest BCUT2D eigenvalue weighted by atomic mass is 10.2. The summed E-state index contributed by atoms with van der Waals surface area (Å²) in [6, 6.07) is 1.28. The van der Waals surface area contributed by atoms with E-state index in [1.807, 2.05) is 0 Å². The average Bonchev–Trinajstić information content (AvgIpc) is 2.15. The van der Waals surface area contributed by atoms with E-state index < -0.39 is 23.7 Å². The molecule has 7 heteroatoms. The number of carbonyl (C=O) groups is 1. The molecule has 3 nitrogen and oxygen atoms in total. The highest BCUT2D eigenvalue weighted by atomic mass is 79.9. The van der Waals surface area contributed by atoms with Gasteiger partial charge in [0.1, 0.15) is 0 Å². The number of pyridine rings is 1. The fourth-order valence-corrected chi connectivity index (χ4v) is 1.77. The van der Waals surface area contributed by atoms with Crippen LogP contribution < -0.4 is 0 Å². The molecule has 0 unspecified atom stereocenters. The van der Waals surface area contributed by atoms with E-state index in [1.54, 1.807) is 0 Å². The first-order valence-electron chi connectivity index (χ1n) is 3.74. The van der Waals surface area contributed by atoms with Crippen LogP contribution >= 0.6 is 27.5 Å². The van der Waals surface area contributed by atoms with Gasteiger partial charge in [-0.25, -0.2) is 18.6 Å². The van der Waals surface area contributed by atoms with Crippen LogP contribution in [0.25, 0.3) is 0 Å². The van der Waals surface area contributed by atoms with Gasteiger partial charge in [-0.15, -0.1) is 11.6 Å². The molecule has 1 N–H and O–H groups in total. The molecule has 0 spiro atoms. The maximum Gasteiger partial charge on any atom is 0.355 e. The van der Waals surface area contributed by atoms with E-state index in [0.717, 1.165) is 0 Å². The minimum absolute atomic E-state index is 0.000509. The lowest BCUT2D eigenvalue weighted by molar-refractivity contribution is 0.0676. The number of carboxylic acid groups (broad SMARTS) is 1. The molecule has 0 aliphatic heterocycles. The van der Waals surface area contributed by atoms with Gasteiger partial charge in [0.25, 0.3) is 6.43 Å². The second-order valence-electron chi connectivity index (χ2n) is 2.60. The number of hydrogen-bond donors (Lipinski definition) is 1. The summed E-state index contributed by atoms with van der Waals surface area (Å²) in [6.45, 7) is 0. The van der Waals surface area contributed by atoms with Gasteiger partial charge in [-0.1, -0.05) is 15.9 Å². The van der Waals surface area contributed by atoms with Crippen molar-refractivity contribution in [2.24, 2.45) is 0 Å². The van der Waals surface area contributed by atoms with Crippen LogP contribution in [0, 0.1) is 0 Å². The molecular weight excluding hydrogens is 295 g/mol. The second-order valence-corrected chi connectivity index (χ2v) is 3.72. The average molecular weight is 300 g/mol. The molecule has 1 aromatic heterocycles. The number of aromatic nitrogens is 1. The van der Waals surface area contributed by atoms with Gasteiger partial charge in [0.15, 0.2) is 5.69 Å². The van der Waals surface area contributed by atoms with E-state index in [9.17, 15) is 13.6 Å². The number of rotatable bonds is 3.